The van der Waals surface area contributed by atoms with Crippen molar-refractivity contribution in [1.82, 2.24) is 15.5 Å². The number of rotatable bonds is 9. The number of alkyl halides is 2. The van der Waals surface area contributed by atoms with E-state index in [1.807, 2.05) is 46.1 Å². The number of halogens is 3. The smallest absolute Gasteiger partial charge is 0.387 e. The first-order chi connectivity index (χ1) is 13.9. The molecule has 0 unspecified atom stereocenters. The van der Waals surface area contributed by atoms with Crippen LogP contribution in [0.2, 0.25) is 0 Å². The van der Waals surface area contributed by atoms with Crippen LogP contribution >= 0.6 is 24.0 Å². The minimum atomic E-state index is -2.85. The Balaban J connectivity index is 0.00000450. The van der Waals surface area contributed by atoms with E-state index in [4.69, 9.17) is 0 Å². The minimum absolute atomic E-state index is 0. The summed E-state index contributed by atoms with van der Waals surface area (Å²) in [4.78, 5) is 6.74. The standard InChI is InChI=1S/C22H30F2N4O.HI/c1-5-25-22(26-13-17-7-6-8-18(12-17)15-28(3)4)27-14-19-11-16(2)9-10-20(19)29-21(23)24;/h6-12,21H,5,13-15H2,1-4H3,(H2,25,26,27);1H. The van der Waals surface area contributed by atoms with E-state index >= 15 is 0 Å². The van der Waals surface area contributed by atoms with Gasteiger partial charge in [0.15, 0.2) is 5.96 Å². The van der Waals surface area contributed by atoms with Crippen LogP contribution in [0.1, 0.15) is 29.2 Å². The van der Waals surface area contributed by atoms with Crippen LogP contribution in [0.25, 0.3) is 0 Å². The predicted octanol–water partition coefficient (Wildman–Crippen LogP) is 4.53. The van der Waals surface area contributed by atoms with Crippen molar-refractivity contribution in [2.24, 2.45) is 4.99 Å². The van der Waals surface area contributed by atoms with Gasteiger partial charge in [0.05, 0.1) is 6.54 Å². The SMILES string of the molecule is CCNC(=NCc1cccc(CN(C)C)c1)NCc1cc(C)ccc1OC(F)F.I. The van der Waals surface area contributed by atoms with Gasteiger partial charge in [-0.15, -0.1) is 24.0 Å². The summed E-state index contributed by atoms with van der Waals surface area (Å²) in [7, 11) is 4.07. The Labute approximate surface area is 194 Å². The molecule has 30 heavy (non-hydrogen) atoms. The van der Waals surface area contributed by atoms with Gasteiger partial charge < -0.3 is 20.3 Å². The summed E-state index contributed by atoms with van der Waals surface area (Å²) < 4.78 is 29.9. The maximum absolute atomic E-state index is 12.7. The second kappa shape index (κ2) is 13.4. The van der Waals surface area contributed by atoms with Crippen molar-refractivity contribution in [3.05, 3.63) is 64.7 Å². The van der Waals surface area contributed by atoms with Crippen LogP contribution in [0.4, 0.5) is 8.78 Å². The van der Waals surface area contributed by atoms with Crippen LogP contribution in [0, 0.1) is 6.92 Å². The van der Waals surface area contributed by atoms with E-state index in [1.165, 1.54) is 5.56 Å². The molecule has 0 atom stereocenters. The molecule has 2 aromatic carbocycles. The van der Waals surface area contributed by atoms with Gasteiger partial charge in [0.1, 0.15) is 5.75 Å². The number of guanidine groups is 1. The predicted molar refractivity (Wildman–Crippen MR) is 129 cm³/mol. The van der Waals surface area contributed by atoms with Gasteiger partial charge in [-0.3, -0.25) is 0 Å². The first-order valence-electron chi connectivity index (χ1n) is 9.66. The molecule has 5 nitrogen and oxygen atoms in total. The van der Waals surface area contributed by atoms with E-state index in [9.17, 15) is 8.78 Å². The molecule has 2 N–H and O–H groups in total. The van der Waals surface area contributed by atoms with Crippen LogP contribution in [0.15, 0.2) is 47.5 Å². The maximum atomic E-state index is 12.7. The van der Waals surface area contributed by atoms with Crippen LogP contribution in [-0.2, 0) is 19.6 Å². The van der Waals surface area contributed by atoms with Crippen molar-refractivity contribution in [1.29, 1.82) is 0 Å². The molecule has 2 aromatic rings. The van der Waals surface area contributed by atoms with Gasteiger partial charge in [0.25, 0.3) is 0 Å². The van der Waals surface area contributed by atoms with E-state index in [1.54, 1.807) is 12.1 Å². The van der Waals surface area contributed by atoms with Gasteiger partial charge in [0, 0.05) is 25.2 Å². The van der Waals surface area contributed by atoms with Gasteiger partial charge >= 0.3 is 6.61 Å². The summed E-state index contributed by atoms with van der Waals surface area (Å²) in [6, 6.07) is 13.5. The molecule has 0 aliphatic heterocycles. The average Bonchev–Trinajstić information content (AvgIpc) is 2.65. The van der Waals surface area contributed by atoms with Gasteiger partial charge in [-0.2, -0.15) is 8.78 Å². The highest BCUT2D eigenvalue weighted by Crippen LogP contribution is 2.22. The summed E-state index contributed by atoms with van der Waals surface area (Å²) in [6.07, 6.45) is 0. The maximum Gasteiger partial charge on any atom is 0.387 e. The zero-order valence-electron chi connectivity index (χ0n) is 17.9. The van der Waals surface area contributed by atoms with Gasteiger partial charge in [-0.25, -0.2) is 4.99 Å². The molecule has 0 heterocycles. The van der Waals surface area contributed by atoms with Gasteiger partial charge in [0.2, 0.25) is 0 Å². The Kier molecular flexibility index (Phi) is 11.6. The first-order valence-corrected chi connectivity index (χ1v) is 9.66. The van der Waals surface area contributed by atoms with Crippen molar-refractivity contribution in [3.8, 4) is 5.75 Å². The molecular weight excluding hydrogens is 501 g/mol. The van der Waals surface area contributed by atoms with Crippen molar-refractivity contribution in [2.45, 2.75) is 40.1 Å². The third-order valence-corrected chi connectivity index (χ3v) is 4.13. The molecule has 0 aliphatic carbocycles. The second-order valence-electron chi connectivity index (χ2n) is 7.10. The number of benzene rings is 2. The fraction of sp³-hybridized carbons (Fsp3) is 0.409. The molecule has 0 spiro atoms. The Morgan fingerprint density at radius 2 is 1.83 bits per heavy atom. The number of aryl methyl sites for hydroxylation is 1. The molecule has 2 rings (SSSR count). The third kappa shape index (κ3) is 9.25. The molecule has 0 aromatic heterocycles. The summed E-state index contributed by atoms with van der Waals surface area (Å²) >= 11 is 0. The van der Waals surface area contributed by atoms with Crippen LogP contribution in [0.3, 0.4) is 0 Å². The average molecular weight is 532 g/mol. The summed E-state index contributed by atoms with van der Waals surface area (Å²) in [5.74, 6) is 0.792. The molecule has 0 bridgehead atoms. The number of nitrogens with zero attached hydrogens (tertiary/aromatic N) is 2. The lowest BCUT2D eigenvalue weighted by molar-refractivity contribution is -0.0504. The highest BCUT2D eigenvalue weighted by molar-refractivity contribution is 14.0. The van der Waals surface area contributed by atoms with Crippen LogP contribution in [0.5, 0.6) is 5.75 Å². The Morgan fingerprint density at radius 3 is 2.50 bits per heavy atom. The molecule has 0 radical (unpaired) electrons. The topological polar surface area (TPSA) is 48.9 Å². The molecular formula is C22H31F2IN4O. The molecule has 8 heteroatoms. The van der Waals surface area contributed by atoms with E-state index < -0.39 is 6.61 Å². The fourth-order valence-corrected chi connectivity index (χ4v) is 2.94. The minimum Gasteiger partial charge on any atom is -0.434 e. The lowest BCUT2D eigenvalue weighted by atomic mass is 10.1. The molecule has 0 fully saturated rings. The van der Waals surface area contributed by atoms with E-state index in [0.717, 1.165) is 17.7 Å². The zero-order chi connectivity index (χ0) is 21.2. The van der Waals surface area contributed by atoms with E-state index in [2.05, 4.69) is 37.4 Å². The van der Waals surface area contributed by atoms with E-state index in [0.29, 0.717) is 31.2 Å². The van der Waals surface area contributed by atoms with Crippen molar-refractivity contribution >= 4 is 29.9 Å². The van der Waals surface area contributed by atoms with Crippen LogP contribution < -0.4 is 15.4 Å². The fourth-order valence-electron chi connectivity index (χ4n) is 2.94. The molecule has 0 saturated carbocycles. The lowest BCUT2D eigenvalue weighted by Crippen LogP contribution is -2.36. The quantitative estimate of drug-likeness (QED) is 0.283. The Morgan fingerprint density at radius 1 is 1.10 bits per heavy atom. The van der Waals surface area contributed by atoms with Crippen molar-refractivity contribution in [2.75, 3.05) is 20.6 Å². The second-order valence-corrected chi connectivity index (χ2v) is 7.10. The van der Waals surface area contributed by atoms with Gasteiger partial charge in [-0.05, 0) is 45.1 Å². The molecule has 166 valence electrons. The first kappa shape index (κ1) is 26.1. The molecule has 0 saturated heterocycles. The highest BCUT2D eigenvalue weighted by atomic mass is 127. The van der Waals surface area contributed by atoms with Gasteiger partial charge in [-0.1, -0.05) is 42.0 Å². The van der Waals surface area contributed by atoms with Crippen molar-refractivity contribution < 1.29 is 13.5 Å². The number of aliphatic imine (C=N–C) groups is 1. The normalized spacial score (nSPS) is 11.4. The molecule has 0 amide bonds. The third-order valence-electron chi connectivity index (χ3n) is 4.13. The summed E-state index contributed by atoms with van der Waals surface area (Å²) in [5, 5.41) is 6.39. The monoisotopic (exact) mass is 532 g/mol. The number of ether oxygens (including phenoxy) is 1. The molecule has 0 aliphatic rings. The lowest BCUT2D eigenvalue weighted by Gasteiger charge is -2.15. The summed E-state index contributed by atoms with van der Waals surface area (Å²) in [6.45, 7) is 3.45. The van der Waals surface area contributed by atoms with E-state index in [-0.39, 0.29) is 29.7 Å². The van der Waals surface area contributed by atoms with Crippen LogP contribution in [-0.4, -0.2) is 38.1 Å². The highest BCUT2D eigenvalue weighted by Gasteiger charge is 2.10. The number of nitrogens with one attached hydrogen (secondary N) is 2. The summed E-state index contributed by atoms with van der Waals surface area (Å²) in [5.41, 5.74) is 3.97. The zero-order valence-corrected chi connectivity index (χ0v) is 20.2. The number of hydrogen-bond acceptors (Lipinski definition) is 3. The Bertz CT molecular complexity index is 815. The number of hydrogen-bond donors (Lipinski definition) is 2. The van der Waals surface area contributed by atoms with Crippen molar-refractivity contribution in [3.63, 3.8) is 0 Å². The Hall–Kier alpha value is -1.94. The largest absolute Gasteiger partial charge is 0.434 e.